The summed E-state index contributed by atoms with van der Waals surface area (Å²) >= 11 is 5.84. The van der Waals surface area contributed by atoms with Gasteiger partial charge in [0.05, 0.1) is 34.2 Å². The SMILES string of the molecule is C[C@@H](NC(=O)c1cn[nH]c1C1CCOCC1)c1ccc(Cl)cn1. The summed E-state index contributed by atoms with van der Waals surface area (Å²) in [6, 6.07) is 3.36. The fourth-order valence-corrected chi connectivity index (χ4v) is 2.88. The summed E-state index contributed by atoms with van der Waals surface area (Å²) in [5, 5.41) is 10.6. The lowest BCUT2D eigenvalue weighted by Crippen LogP contribution is -2.28. The highest BCUT2D eigenvalue weighted by Gasteiger charge is 2.24. The molecule has 6 nitrogen and oxygen atoms in total. The lowest BCUT2D eigenvalue weighted by Gasteiger charge is -2.22. The van der Waals surface area contributed by atoms with Gasteiger partial charge in [0.25, 0.3) is 5.91 Å². The van der Waals surface area contributed by atoms with Gasteiger partial charge >= 0.3 is 0 Å². The van der Waals surface area contributed by atoms with Crippen molar-refractivity contribution in [3.63, 3.8) is 0 Å². The molecule has 0 unspecified atom stereocenters. The molecule has 0 aliphatic carbocycles. The van der Waals surface area contributed by atoms with Gasteiger partial charge in [-0.05, 0) is 31.9 Å². The monoisotopic (exact) mass is 334 g/mol. The highest BCUT2D eigenvalue weighted by atomic mass is 35.5. The lowest BCUT2D eigenvalue weighted by atomic mass is 9.93. The number of hydrogen-bond acceptors (Lipinski definition) is 4. The second kappa shape index (κ2) is 7.10. The molecule has 1 saturated heterocycles. The Balaban J connectivity index is 1.71. The lowest BCUT2D eigenvalue weighted by molar-refractivity contribution is 0.0832. The van der Waals surface area contributed by atoms with Crippen LogP contribution in [0.4, 0.5) is 0 Å². The molecule has 7 heteroatoms. The molecule has 3 rings (SSSR count). The number of pyridine rings is 1. The molecule has 122 valence electrons. The third-order valence-corrected chi connectivity index (χ3v) is 4.31. The largest absolute Gasteiger partial charge is 0.381 e. The van der Waals surface area contributed by atoms with Gasteiger partial charge < -0.3 is 10.1 Å². The number of aromatic nitrogens is 3. The Morgan fingerprint density at radius 3 is 2.87 bits per heavy atom. The van der Waals surface area contributed by atoms with Crippen LogP contribution in [0.25, 0.3) is 0 Å². The Hall–Kier alpha value is -1.92. The van der Waals surface area contributed by atoms with Crippen LogP contribution in [-0.2, 0) is 4.74 Å². The molecule has 2 N–H and O–H groups in total. The van der Waals surface area contributed by atoms with Crippen LogP contribution in [0.3, 0.4) is 0 Å². The van der Waals surface area contributed by atoms with Crippen molar-refractivity contribution in [3.8, 4) is 0 Å². The number of amides is 1. The zero-order chi connectivity index (χ0) is 16.2. The number of ether oxygens (including phenoxy) is 1. The molecule has 0 radical (unpaired) electrons. The predicted octanol–water partition coefficient (Wildman–Crippen LogP) is 2.84. The summed E-state index contributed by atoms with van der Waals surface area (Å²) < 4.78 is 5.38. The first kappa shape index (κ1) is 16.0. The average molecular weight is 335 g/mol. The summed E-state index contributed by atoms with van der Waals surface area (Å²) in [5.41, 5.74) is 2.25. The van der Waals surface area contributed by atoms with Crippen molar-refractivity contribution in [2.45, 2.75) is 31.7 Å². The van der Waals surface area contributed by atoms with E-state index < -0.39 is 0 Å². The van der Waals surface area contributed by atoms with Gasteiger partial charge in [0.2, 0.25) is 0 Å². The predicted molar refractivity (Wildman–Crippen MR) is 86.5 cm³/mol. The first-order valence-corrected chi connectivity index (χ1v) is 8.06. The molecular formula is C16H19ClN4O2. The van der Waals surface area contributed by atoms with Gasteiger partial charge in [-0.15, -0.1) is 0 Å². The number of hydrogen-bond donors (Lipinski definition) is 2. The first-order valence-electron chi connectivity index (χ1n) is 7.68. The molecule has 2 aromatic heterocycles. The smallest absolute Gasteiger partial charge is 0.255 e. The van der Waals surface area contributed by atoms with E-state index in [1.165, 1.54) is 0 Å². The average Bonchev–Trinajstić information content (AvgIpc) is 3.06. The summed E-state index contributed by atoms with van der Waals surface area (Å²) in [4.78, 5) is 16.8. The molecular weight excluding hydrogens is 316 g/mol. The van der Waals surface area contributed by atoms with Crippen molar-refractivity contribution in [2.24, 2.45) is 0 Å². The third kappa shape index (κ3) is 3.71. The van der Waals surface area contributed by atoms with Crippen molar-refractivity contribution < 1.29 is 9.53 Å². The minimum Gasteiger partial charge on any atom is -0.381 e. The van der Waals surface area contributed by atoms with Crippen LogP contribution in [0.5, 0.6) is 0 Å². The molecule has 1 fully saturated rings. The van der Waals surface area contributed by atoms with Gasteiger partial charge in [-0.25, -0.2) is 0 Å². The van der Waals surface area contributed by atoms with Crippen LogP contribution in [0, 0.1) is 0 Å². The number of nitrogens with one attached hydrogen (secondary N) is 2. The molecule has 0 saturated carbocycles. The summed E-state index contributed by atoms with van der Waals surface area (Å²) in [7, 11) is 0. The Morgan fingerprint density at radius 1 is 1.39 bits per heavy atom. The van der Waals surface area contributed by atoms with Crippen molar-refractivity contribution >= 4 is 17.5 Å². The number of halogens is 1. The van der Waals surface area contributed by atoms with Gasteiger partial charge in [0, 0.05) is 25.3 Å². The number of carbonyl (C=O) groups excluding carboxylic acids is 1. The number of nitrogens with zero attached hydrogens (tertiary/aromatic N) is 2. The van der Waals surface area contributed by atoms with Crippen LogP contribution >= 0.6 is 11.6 Å². The Kier molecular flexibility index (Phi) is 4.93. The standard InChI is InChI=1S/C16H19ClN4O2/c1-10(14-3-2-12(17)8-18-14)20-16(22)13-9-19-21-15(13)11-4-6-23-7-5-11/h2-3,8-11H,4-7H2,1H3,(H,19,21)(H,20,22)/t10-/m1/s1. The highest BCUT2D eigenvalue weighted by Crippen LogP contribution is 2.28. The van der Waals surface area contributed by atoms with E-state index in [0.29, 0.717) is 10.6 Å². The molecule has 1 aliphatic rings. The summed E-state index contributed by atoms with van der Waals surface area (Å²) in [6.07, 6.45) is 4.96. The van der Waals surface area contributed by atoms with E-state index >= 15 is 0 Å². The zero-order valence-corrected chi connectivity index (χ0v) is 13.6. The summed E-state index contributed by atoms with van der Waals surface area (Å²) in [5.74, 6) is 0.139. The maximum atomic E-state index is 12.6. The van der Waals surface area contributed by atoms with Gasteiger partial charge in [0.15, 0.2) is 0 Å². The van der Waals surface area contributed by atoms with Crippen molar-refractivity contribution in [1.29, 1.82) is 0 Å². The van der Waals surface area contributed by atoms with E-state index in [2.05, 4.69) is 20.5 Å². The molecule has 0 aromatic carbocycles. The Bertz CT molecular complexity index is 665. The van der Waals surface area contributed by atoms with Crippen molar-refractivity contribution in [2.75, 3.05) is 13.2 Å². The van der Waals surface area contributed by atoms with Crippen molar-refractivity contribution in [3.05, 3.63) is 46.5 Å². The molecule has 1 atom stereocenters. The number of aromatic amines is 1. The maximum Gasteiger partial charge on any atom is 0.255 e. The number of H-pyrrole nitrogens is 1. The molecule has 2 aromatic rings. The Labute approximate surface area is 139 Å². The normalized spacial score (nSPS) is 17.0. The van der Waals surface area contributed by atoms with E-state index in [1.807, 2.05) is 13.0 Å². The van der Waals surface area contributed by atoms with E-state index in [-0.39, 0.29) is 17.9 Å². The van der Waals surface area contributed by atoms with E-state index in [4.69, 9.17) is 16.3 Å². The number of rotatable bonds is 4. The van der Waals surface area contributed by atoms with Gasteiger partial charge in [0.1, 0.15) is 0 Å². The van der Waals surface area contributed by atoms with Gasteiger partial charge in [-0.1, -0.05) is 11.6 Å². The fourth-order valence-electron chi connectivity index (χ4n) is 2.77. The fraction of sp³-hybridized carbons (Fsp3) is 0.438. The van der Waals surface area contributed by atoms with Gasteiger partial charge in [-0.3, -0.25) is 14.9 Å². The third-order valence-electron chi connectivity index (χ3n) is 4.08. The molecule has 23 heavy (non-hydrogen) atoms. The highest BCUT2D eigenvalue weighted by molar-refractivity contribution is 6.30. The number of carbonyl (C=O) groups is 1. The second-order valence-corrected chi connectivity index (χ2v) is 6.12. The molecule has 1 amide bonds. The molecule has 0 bridgehead atoms. The van der Waals surface area contributed by atoms with Crippen molar-refractivity contribution in [1.82, 2.24) is 20.5 Å². The molecule has 1 aliphatic heterocycles. The minimum atomic E-state index is -0.211. The topological polar surface area (TPSA) is 79.9 Å². The van der Waals surface area contributed by atoms with Crippen LogP contribution < -0.4 is 5.32 Å². The van der Waals surface area contributed by atoms with E-state index in [1.54, 1.807) is 18.5 Å². The Morgan fingerprint density at radius 2 is 2.17 bits per heavy atom. The second-order valence-electron chi connectivity index (χ2n) is 5.68. The maximum absolute atomic E-state index is 12.6. The van der Waals surface area contributed by atoms with E-state index in [0.717, 1.165) is 37.4 Å². The van der Waals surface area contributed by atoms with Crippen LogP contribution in [0.15, 0.2) is 24.5 Å². The minimum absolute atomic E-state index is 0.149. The molecule has 0 spiro atoms. The summed E-state index contributed by atoms with van der Waals surface area (Å²) in [6.45, 7) is 3.33. The quantitative estimate of drug-likeness (QED) is 0.901. The first-order chi connectivity index (χ1) is 11.1. The zero-order valence-electron chi connectivity index (χ0n) is 12.9. The molecule has 3 heterocycles. The van der Waals surface area contributed by atoms with Crippen LogP contribution in [0.2, 0.25) is 5.02 Å². The van der Waals surface area contributed by atoms with Crippen LogP contribution in [-0.4, -0.2) is 34.3 Å². The van der Waals surface area contributed by atoms with Crippen LogP contribution in [0.1, 0.15) is 53.5 Å². The van der Waals surface area contributed by atoms with Gasteiger partial charge in [-0.2, -0.15) is 5.10 Å². The van der Waals surface area contributed by atoms with E-state index in [9.17, 15) is 4.79 Å².